The van der Waals surface area contributed by atoms with E-state index in [4.69, 9.17) is 4.84 Å². The molecule has 1 aliphatic heterocycles. The van der Waals surface area contributed by atoms with Gasteiger partial charge >= 0.3 is 0 Å². The van der Waals surface area contributed by atoms with Crippen molar-refractivity contribution in [1.82, 2.24) is 15.4 Å². The number of β-amino-alcohol motifs (C(OH)–C–C–N with tert-alkyl or cyclic N) is 1. The van der Waals surface area contributed by atoms with Gasteiger partial charge in [0.2, 0.25) is 0 Å². The van der Waals surface area contributed by atoms with Gasteiger partial charge in [-0.25, -0.2) is 5.48 Å². The van der Waals surface area contributed by atoms with Crippen molar-refractivity contribution in [2.24, 2.45) is 0 Å². The molecule has 1 aromatic rings. The van der Waals surface area contributed by atoms with Gasteiger partial charge in [-0.3, -0.25) is 14.6 Å². The summed E-state index contributed by atoms with van der Waals surface area (Å²) in [6, 6.07) is 3.33. The van der Waals surface area contributed by atoms with Crippen LogP contribution < -0.4 is 5.48 Å². The SMILES string of the molecule is Cl.O=C(NOCC(O)CN1CCCCC1)c1cccnc1. The number of halogens is 1. The van der Waals surface area contributed by atoms with Crippen LogP contribution in [0.5, 0.6) is 0 Å². The maximum Gasteiger partial charge on any atom is 0.276 e. The van der Waals surface area contributed by atoms with Crippen molar-refractivity contribution in [1.29, 1.82) is 0 Å². The second-order valence-electron chi connectivity index (χ2n) is 5.00. The highest BCUT2D eigenvalue weighted by atomic mass is 35.5. The first-order valence-electron chi connectivity index (χ1n) is 6.98. The van der Waals surface area contributed by atoms with Crippen molar-refractivity contribution in [3.8, 4) is 0 Å². The molecule has 0 radical (unpaired) electrons. The van der Waals surface area contributed by atoms with Crippen molar-refractivity contribution in [2.45, 2.75) is 25.4 Å². The Morgan fingerprint density at radius 3 is 2.86 bits per heavy atom. The molecule has 2 rings (SSSR count). The normalized spacial score (nSPS) is 16.8. The molecule has 1 fully saturated rings. The third-order valence-corrected chi connectivity index (χ3v) is 3.28. The van der Waals surface area contributed by atoms with Crippen molar-refractivity contribution < 1.29 is 14.7 Å². The van der Waals surface area contributed by atoms with E-state index in [-0.39, 0.29) is 24.9 Å². The summed E-state index contributed by atoms with van der Waals surface area (Å²) in [5.74, 6) is -0.358. The van der Waals surface area contributed by atoms with Gasteiger partial charge in [-0.2, -0.15) is 0 Å². The zero-order valence-corrected chi connectivity index (χ0v) is 12.7. The number of amides is 1. The second-order valence-corrected chi connectivity index (χ2v) is 5.00. The van der Waals surface area contributed by atoms with Crippen LogP contribution in [0.4, 0.5) is 0 Å². The Balaban J connectivity index is 0.00000220. The summed E-state index contributed by atoms with van der Waals surface area (Å²) in [7, 11) is 0. The quantitative estimate of drug-likeness (QED) is 0.766. The molecule has 0 spiro atoms. The van der Waals surface area contributed by atoms with Crippen LogP contribution in [0.3, 0.4) is 0 Å². The second kappa shape index (κ2) is 9.68. The van der Waals surface area contributed by atoms with E-state index in [1.54, 1.807) is 18.3 Å². The molecule has 1 amide bonds. The predicted octanol–water partition coefficient (Wildman–Crippen LogP) is 1.01. The number of aliphatic hydroxyl groups excluding tert-OH is 1. The third kappa shape index (κ3) is 6.39. The van der Waals surface area contributed by atoms with Gasteiger partial charge in [0.15, 0.2) is 0 Å². The van der Waals surface area contributed by atoms with Crippen LogP contribution in [-0.2, 0) is 4.84 Å². The number of hydroxylamine groups is 1. The largest absolute Gasteiger partial charge is 0.389 e. The smallest absolute Gasteiger partial charge is 0.276 e. The Morgan fingerprint density at radius 1 is 1.43 bits per heavy atom. The maximum absolute atomic E-state index is 11.6. The minimum atomic E-state index is -0.595. The Morgan fingerprint density at radius 2 is 2.19 bits per heavy atom. The first-order chi connectivity index (χ1) is 9.75. The Labute approximate surface area is 130 Å². The summed E-state index contributed by atoms with van der Waals surface area (Å²) < 4.78 is 0. The molecule has 2 N–H and O–H groups in total. The molecular weight excluding hydrogens is 294 g/mol. The average Bonchev–Trinajstić information content (AvgIpc) is 2.49. The number of aliphatic hydroxyl groups is 1. The Bertz CT molecular complexity index is 413. The van der Waals surface area contributed by atoms with Gasteiger partial charge in [0.25, 0.3) is 5.91 Å². The van der Waals surface area contributed by atoms with Gasteiger partial charge in [0.1, 0.15) is 6.61 Å². The summed E-state index contributed by atoms with van der Waals surface area (Å²) >= 11 is 0. The molecule has 1 atom stereocenters. The number of carbonyl (C=O) groups excluding carboxylic acids is 1. The molecule has 0 aliphatic carbocycles. The minimum absolute atomic E-state index is 0. The van der Waals surface area contributed by atoms with E-state index in [2.05, 4.69) is 15.4 Å². The van der Waals surface area contributed by atoms with Crippen LogP contribution in [0, 0.1) is 0 Å². The maximum atomic E-state index is 11.6. The zero-order chi connectivity index (χ0) is 14.2. The Kier molecular flexibility index (Phi) is 8.22. The fourth-order valence-corrected chi connectivity index (χ4v) is 2.25. The number of piperidine rings is 1. The van der Waals surface area contributed by atoms with E-state index in [9.17, 15) is 9.90 Å². The average molecular weight is 316 g/mol. The summed E-state index contributed by atoms with van der Waals surface area (Å²) in [4.78, 5) is 22.8. The number of likely N-dealkylation sites (tertiary alicyclic amines) is 1. The molecule has 0 aromatic carbocycles. The van der Waals surface area contributed by atoms with Gasteiger partial charge in [-0.1, -0.05) is 6.42 Å². The monoisotopic (exact) mass is 315 g/mol. The van der Waals surface area contributed by atoms with E-state index in [0.29, 0.717) is 12.1 Å². The van der Waals surface area contributed by atoms with E-state index >= 15 is 0 Å². The number of hydrogen-bond donors (Lipinski definition) is 2. The van der Waals surface area contributed by atoms with E-state index in [1.165, 1.54) is 25.5 Å². The first kappa shape index (κ1) is 17.8. The molecule has 0 saturated carbocycles. The van der Waals surface area contributed by atoms with Crippen LogP contribution >= 0.6 is 12.4 Å². The van der Waals surface area contributed by atoms with Crippen molar-refractivity contribution >= 4 is 18.3 Å². The molecule has 21 heavy (non-hydrogen) atoms. The molecule has 1 aromatic heterocycles. The topological polar surface area (TPSA) is 74.7 Å². The molecular formula is C14H22ClN3O3. The van der Waals surface area contributed by atoms with Crippen molar-refractivity contribution in [3.05, 3.63) is 30.1 Å². The van der Waals surface area contributed by atoms with Crippen LogP contribution in [0.25, 0.3) is 0 Å². The Hall–Kier alpha value is -1.21. The molecule has 2 heterocycles. The lowest BCUT2D eigenvalue weighted by atomic mass is 10.1. The minimum Gasteiger partial charge on any atom is -0.389 e. The first-order valence-corrected chi connectivity index (χ1v) is 6.98. The van der Waals surface area contributed by atoms with Gasteiger partial charge in [0, 0.05) is 18.9 Å². The van der Waals surface area contributed by atoms with Crippen LogP contribution in [-0.4, -0.2) is 53.2 Å². The zero-order valence-electron chi connectivity index (χ0n) is 11.9. The number of rotatable bonds is 6. The number of nitrogens with zero attached hydrogens (tertiary/aromatic N) is 2. The summed E-state index contributed by atoms with van der Waals surface area (Å²) in [5, 5.41) is 9.85. The summed E-state index contributed by atoms with van der Waals surface area (Å²) in [6.45, 7) is 2.73. The molecule has 7 heteroatoms. The van der Waals surface area contributed by atoms with Crippen molar-refractivity contribution in [3.63, 3.8) is 0 Å². The van der Waals surface area contributed by atoms with Gasteiger partial charge in [-0.05, 0) is 38.1 Å². The third-order valence-electron chi connectivity index (χ3n) is 3.28. The number of carbonyl (C=O) groups is 1. The van der Waals surface area contributed by atoms with Crippen LogP contribution in [0.2, 0.25) is 0 Å². The molecule has 1 saturated heterocycles. The lowest BCUT2D eigenvalue weighted by Gasteiger charge is -2.28. The van der Waals surface area contributed by atoms with Crippen LogP contribution in [0.15, 0.2) is 24.5 Å². The van der Waals surface area contributed by atoms with E-state index in [0.717, 1.165) is 13.1 Å². The van der Waals surface area contributed by atoms with Gasteiger partial charge < -0.3 is 10.0 Å². The van der Waals surface area contributed by atoms with Gasteiger partial charge in [-0.15, -0.1) is 12.4 Å². The van der Waals surface area contributed by atoms with Gasteiger partial charge in [0.05, 0.1) is 11.7 Å². The molecule has 6 nitrogen and oxygen atoms in total. The molecule has 1 unspecified atom stereocenters. The lowest BCUT2D eigenvalue weighted by molar-refractivity contribution is -0.0242. The van der Waals surface area contributed by atoms with Crippen LogP contribution in [0.1, 0.15) is 29.6 Å². The fourth-order valence-electron chi connectivity index (χ4n) is 2.25. The summed E-state index contributed by atoms with van der Waals surface area (Å²) in [6.07, 6.45) is 6.10. The van der Waals surface area contributed by atoms with E-state index in [1.807, 2.05) is 0 Å². The number of pyridine rings is 1. The van der Waals surface area contributed by atoms with Crippen molar-refractivity contribution in [2.75, 3.05) is 26.2 Å². The number of nitrogens with one attached hydrogen (secondary N) is 1. The fraction of sp³-hybridized carbons (Fsp3) is 0.571. The lowest BCUT2D eigenvalue weighted by Crippen LogP contribution is -2.39. The summed E-state index contributed by atoms with van der Waals surface area (Å²) in [5.41, 5.74) is 2.74. The highest BCUT2D eigenvalue weighted by Crippen LogP contribution is 2.08. The molecule has 118 valence electrons. The van der Waals surface area contributed by atoms with E-state index < -0.39 is 6.10 Å². The predicted molar refractivity (Wildman–Crippen MR) is 81.2 cm³/mol. The highest BCUT2D eigenvalue weighted by molar-refractivity contribution is 5.92. The number of hydrogen-bond acceptors (Lipinski definition) is 5. The number of aromatic nitrogens is 1. The standard InChI is InChI=1S/C14H21N3O3.ClH/c18-13(10-17-7-2-1-3-8-17)11-20-16-14(19)12-5-4-6-15-9-12;/h4-6,9,13,18H,1-3,7-8,10-11H2,(H,16,19);1H. The molecule has 1 aliphatic rings. The highest BCUT2D eigenvalue weighted by Gasteiger charge is 2.15. The molecule has 0 bridgehead atoms.